The fourth-order valence-electron chi connectivity index (χ4n) is 4.58. The first-order valence-electron chi connectivity index (χ1n) is 14.7. The molecule has 0 heterocycles. The van der Waals surface area contributed by atoms with E-state index in [1.807, 2.05) is 30.3 Å². The van der Waals surface area contributed by atoms with Crippen molar-refractivity contribution in [2.45, 2.75) is 17.1 Å². The molecule has 240 valence electrons. The van der Waals surface area contributed by atoms with Gasteiger partial charge in [0.1, 0.15) is 16.8 Å². The first kappa shape index (κ1) is 33.3. The fraction of sp³-hybridized carbons (Fsp3) is 0.0541. The number of hydrogen-bond acceptors (Lipinski definition) is 6. The molecule has 3 N–H and O–H groups in total. The number of non-ortho nitro benzene ring substituents is 1. The van der Waals surface area contributed by atoms with Crippen LogP contribution in [0.3, 0.4) is 0 Å². The van der Waals surface area contributed by atoms with Gasteiger partial charge in [-0.2, -0.15) is 0 Å². The summed E-state index contributed by atoms with van der Waals surface area (Å²) in [6.45, 7) is 1.75. The Balaban J connectivity index is 1.34. The van der Waals surface area contributed by atoms with Crippen LogP contribution < -0.4 is 16.0 Å². The number of aryl methyl sites for hydroxylation is 1. The van der Waals surface area contributed by atoms with Crippen molar-refractivity contribution < 1.29 is 23.7 Å². The Morgan fingerprint density at radius 2 is 1.46 bits per heavy atom. The Morgan fingerprint density at radius 1 is 0.812 bits per heavy atom. The Bertz CT molecular complexity index is 1970. The molecule has 5 rings (SSSR count). The summed E-state index contributed by atoms with van der Waals surface area (Å²) in [5.41, 5.74) is 2.86. The number of carbonyl (C=O) groups is 3. The van der Waals surface area contributed by atoms with Gasteiger partial charge in [-0.3, -0.25) is 24.5 Å². The van der Waals surface area contributed by atoms with Crippen LogP contribution in [0.2, 0.25) is 0 Å². The smallest absolute Gasteiger partial charge is 0.272 e. The number of thioether (sulfide) groups is 1. The Morgan fingerprint density at radius 3 is 2.10 bits per heavy atom. The molecule has 48 heavy (non-hydrogen) atoms. The van der Waals surface area contributed by atoms with Crippen LogP contribution in [0, 0.1) is 22.9 Å². The van der Waals surface area contributed by atoms with Gasteiger partial charge in [0.2, 0.25) is 5.91 Å². The van der Waals surface area contributed by atoms with Crippen molar-refractivity contribution in [2.75, 3.05) is 10.6 Å². The second-order valence-electron chi connectivity index (χ2n) is 10.6. The zero-order valence-electron chi connectivity index (χ0n) is 25.6. The number of carbonyl (C=O) groups excluding carboxylic acids is 3. The summed E-state index contributed by atoms with van der Waals surface area (Å²) in [6, 6.07) is 34.2. The van der Waals surface area contributed by atoms with Crippen LogP contribution in [0.5, 0.6) is 0 Å². The predicted octanol–water partition coefficient (Wildman–Crippen LogP) is 7.92. The highest BCUT2D eigenvalue weighted by atomic mass is 32.2. The van der Waals surface area contributed by atoms with Crippen LogP contribution in [0.15, 0.2) is 138 Å². The summed E-state index contributed by atoms with van der Waals surface area (Å²) in [4.78, 5) is 51.4. The molecule has 5 aromatic rings. The highest BCUT2D eigenvalue weighted by Gasteiger charge is 2.24. The van der Waals surface area contributed by atoms with E-state index in [9.17, 15) is 28.9 Å². The molecule has 0 bridgehead atoms. The lowest BCUT2D eigenvalue weighted by Crippen LogP contribution is -2.30. The SMILES string of the molecule is Cc1ccc([N+](=O)[O-])cc1NC(=O)C(Sc1ccc(NC(=O)/C(=C/c2ccc(F)cc2)NC(=O)c2ccccc2)cc1)c1ccccc1. The van der Waals surface area contributed by atoms with Gasteiger partial charge in [0.05, 0.1) is 10.6 Å². The van der Waals surface area contributed by atoms with Crippen LogP contribution in [0.4, 0.5) is 21.5 Å². The van der Waals surface area contributed by atoms with Gasteiger partial charge in [-0.1, -0.05) is 66.7 Å². The molecule has 0 aliphatic rings. The van der Waals surface area contributed by atoms with Crippen LogP contribution >= 0.6 is 11.8 Å². The number of amides is 3. The van der Waals surface area contributed by atoms with Gasteiger partial charge >= 0.3 is 0 Å². The number of anilines is 2. The van der Waals surface area contributed by atoms with E-state index in [-0.39, 0.29) is 17.3 Å². The molecule has 0 aliphatic carbocycles. The molecule has 0 saturated carbocycles. The maximum absolute atomic E-state index is 13.6. The lowest BCUT2D eigenvalue weighted by molar-refractivity contribution is -0.384. The zero-order chi connectivity index (χ0) is 34.0. The molecule has 3 amide bonds. The van der Waals surface area contributed by atoms with Gasteiger partial charge < -0.3 is 16.0 Å². The molecule has 0 spiro atoms. The third-order valence-electron chi connectivity index (χ3n) is 7.11. The van der Waals surface area contributed by atoms with Gasteiger partial charge in [-0.05, 0) is 78.2 Å². The van der Waals surface area contributed by atoms with E-state index >= 15 is 0 Å². The number of nitro groups is 1. The van der Waals surface area contributed by atoms with Crippen molar-refractivity contribution in [1.82, 2.24) is 5.32 Å². The summed E-state index contributed by atoms with van der Waals surface area (Å²) < 4.78 is 13.5. The molecule has 5 aromatic carbocycles. The number of rotatable bonds is 11. The minimum absolute atomic E-state index is 0.0498. The maximum Gasteiger partial charge on any atom is 0.272 e. The first-order chi connectivity index (χ1) is 23.2. The van der Waals surface area contributed by atoms with Crippen molar-refractivity contribution in [3.8, 4) is 0 Å². The second kappa shape index (κ2) is 15.5. The number of benzene rings is 5. The average molecular weight is 661 g/mol. The average Bonchev–Trinajstić information content (AvgIpc) is 3.10. The third-order valence-corrected chi connectivity index (χ3v) is 8.37. The van der Waals surface area contributed by atoms with E-state index in [1.54, 1.807) is 67.6 Å². The lowest BCUT2D eigenvalue weighted by Gasteiger charge is -2.18. The number of nitro benzene ring substituents is 1. The molecule has 1 atom stereocenters. The molecule has 0 fully saturated rings. The van der Waals surface area contributed by atoms with E-state index < -0.39 is 27.8 Å². The van der Waals surface area contributed by atoms with Crippen molar-refractivity contribution >= 4 is 52.6 Å². The highest BCUT2D eigenvalue weighted by molar-refractivity contribution is 8.00. The fourth-order valence-corrected chi connectivity index (χ4v) is 5.60. The van der Waals surface area contributed by atoms with E-state index in [2.05, 4.69) is 16.0 Å². The standard InChI is InChI=1S/C37H29FN4O5S/c1-24-12-19-30(42(46)47)23-32(24)40-37(45)34(26-8-4-2-5-9-26)48-31-20-17-29(18-21-31)39-36(44)33(22-25-13-15-28(38)16-14-25)41-35(43)27-10-6-3-7-11-27/h2-23,34H,1H3,(H,39,44)(H,40,45)(H,41,43)/b33-22-. The highest BCUT2D eigenvalue weighted by Crippen LogP contribution is 2.37. The van der Waals surface area contributed by atoms with Gasteiger partial charge in [0.25, 0.3) is 17.5 Å². The van der Waals surface area contributed by atoms with Gasteiger partial charge in [0, 0.05) is 28.3 Å². The zero-order valence-corrected chi connectivity index (χ0v) is 26.4. The van der Waals surface area contributed by atoms with E-state index in [1.165, 1.54) is 54.2 Å². The Labute approximate surface area is 280 Å². The van der Waals surface area contributed by atoms with E-state index in [4.69, 9.17) is 0 Å². The molecular weight excluding hydrogens is 631 g/mol. The Kier molecular flexibility index (Phi) is 10.7. The van der Waals surface area contributed by atoms with Crippen LogP contribution in [0.1, 0.15) is 32.3 Å². The van der Waals surface area contributed by atoms with Crippen LogP contribution in [0.25, 0.3) is 6.08 Å². The monoisotopic (exact) mass is 660 g/mol. The molecule has 0 aromatic heterocycles. The predicted molar refractivity (Wildman–Crippen MR) is 185 cm³/mol. The van der Waals surface area contributed by atoms with Crippen LogP contribution in [-0.4, -0.2) is 22.6 Å². The molecular formula is C37H29FN4O5S. The molecule has 9 nitrogen and oxygen atoms in total. The minimum Gasteiger partial charge on any atom is -0.324 e. The topological polar surface area (TPSA) is 130 Å². The Hall–Kier alpha value is -6.07. The van der Waals surface area contributed by atoms with Crippen molar-refractivity contribution in [2.24, 2.45) is 0 Å². The summed E-state index contributed by atoms with van der Waals surface area (Å²) in [7, 11) is 0. The van der Waals surface area contributed by atoms with Crippen LogP contribution in [-0.2, 0) is 9.59 Å². The van der Waals surface area contributed by atoms with Gasteiger partial charge in [-0.25, -0.2) is 4.39 Å². The van der Waals surface area contributed by atoms with E-state index in [0.717, 1.165) is 5.56 Å². The van der Waals surface area contributed by atoms with Crippen molar-refractivity contribution in [3.05, 3.63) is 171 Å². The number of nitrogens with one attached hydrogen (secondary N) is 3. The number of nitrogens with zero attached hydrogens (tertiary/aromatic N) is 1. The van der Waals surface area contributed by atoms with Crippen molar-refractivity contribution in [1.29, 1.82) is 0 Å². The maximum atomic E-state index is 13.6. The molecule has 0 radical (unpaired) electrons. The summed E-state index contributed by atoms with van der Waals surface area (Å²) in [5, 5.41) is 18.9. The number of hydrogen-bond donors (Lipinski definition) is 3. The third kappa shape index (κ3) is 8.80. The summed E-state index contributed by atoms with van der Waals surface area (Å²) >= 11 is 1.27. The lowest BCUT2D eigenvalue weighted by atomic mass is 10.1. The number of halogens is 1. The molecule has 11 heteroatoms. The largest absolute Gasteiger partial charge is 0.324 e. The van der Waals surface area contributed by atoms with Gasteiger partial charge in [-0.15, -0.1) is 11.8 Å². The molecule has 0 saturated heterocycles. The minimum atomic E-state index is -0.705. The second-order valence-corrected chi connectivity index (χ2v) is 11.7. The summed E-state index contributed by atoms with van der Waals surface area (Å²) in [5.74, 6) is -1.89. The summed E-state index contributed by atoms with van der Waals surface area (Å²) in [6.07, 6.45) is 1.45. The first-order valence-corrected chi connectivity index (χ1v) is 15.6. The quantitative estimate of drug-likeness (QED) is 0.0571. The van der Waals surface area contributed by atoms with Gasteiger partial charge in [0.15, 0.2) is 0 Å². The van der Waals surface area contributed by atoms with Crippen molar-refractivity contribution in [3.63, 3.8) is 0 Å². The molecule has 1 unspecified atom stereocenters. The normalized spacial score (nSPS) is 11.7. The molecule has 0 aliphatic heterocycles. The van der Waals surface area contributed by atoms with E-state index in [0.29, 0.717) is 33.0 Å².